The second-order valence-electron chi connectivity index (χ2n) is 14.8. The first-order chi connectivity index (χ1) is 28.3. The smallest absolute Gasteiger partial charge is 0.143 e. The summed E-state index contributed by atoms with van der Waals surface area (Å²) in [6.07, 6.45) is 0. The molecule has 0 spiro atoms. The van der Waals surface area contributed by atoms with Crippen LogP contribution < -0.4 is 4.90 Å². The Labute approximate surface area is 333 Å². The van der Waals surface area contributed by atoms with Gasteiger partial charge in [0.1, 0.15) is 11.2 Å². The van der Waals surface area contributed by atoms with Gasteiger partial charge >= 0.3 is 0 Å². The van der Waals surface area contributed by atoms with E-state index in [0.29, 0.717) is 0 Å². The van der Waals surface area contributed by atoms with Crippen molar-refractivity contribution < 1.29 is 4.42 Å². The van der Waals surface area contributed by atoms with Crippen LogP contribution in [0.15, 0.2) is 205 Å². The van der Waals surface area contributed by atoms with Crippen molar-refractivity contribution in [3.05, 3.63) is 200 Å². The quantitative estimate of drug-likeness (QED) is 0.175. The van der Waals surface area contributed by atoms with Crippen molar-refractivity contribution in [3.8, 4) is 22.3 Å². The van der Waals surface area contributed by atoms with Crippen LogP contribution in [0.3, 0.4) is 0 Å². The van der Waals surface area contributed by atoms with E-state index in [2.05, 4.69) is 205 Å². The zero-order chi connectivity index (χ0) is 37.5. The molecule has 0 amide bonds. The van der Waals surface area contributed by atoms with E-state index >= 15 is 0 Å². The predicted molar refractivity (Wildman–Crippen MR) is 245 cm³/mol. The topological polar surface area (TPSA) is 16.4 Å². The maximum absolute atomic E-state index is 6.70. The second kappa shape index (κ2) is 12.7. The Hall–Kier alpha value is -7.20. The van der Waals surface area contributed by atoms with Crippen LogP contribution in [0.5, 0.6) is 0 Å². The fraction of sp³-hybridized carbons (Fsp3) is 0. The van der Waals surface area contributed by atoms with Crippen LogP contribution in [-0.2, 0) is 0 Å². The summed E-state index contributed by atoms with van der Waals surface area (Å²) < 4.78 is 9.30. The van der Waals surface area contributed by atoms with Gasteiger partial charge in [-0.3, -0.25) is 0 Å². The molecule has 266 valence electrons. The highest BCUT2D eigenvalue weighted by Gasteiger charge is 2.21. The number of hydrogen-bond acceptors (Lipinski definition) is 3. The van der Waals surface area contributed by atoms with E-state index in [1.165, 1.54) is 58.2 Å². The first-order valence-corrected chi connectivity index (χ1v) is 20.2. The number of rotatable bonds is 5. The number of para-hydroxylation sites is 1. The van der Waals surface area contributed by atoms with Crippen LogP contribution in [-0.4, -0.2) is 0 Å². The van der Waals surface area contributed by atoms with Crippen LogP contribution in [0.25, 0.3) is 96.7 Å². The van der Waals surface area contributed by atoms with Crippen molar-refractivity contribution in [1.82, 2.24) is 0 Å². The molecule has 0 fully saturated rings. The number of nitrogens with zero attached hydrogens (tertiary/aromatic N) is 1. The largest absolute Gasteiger partial charge is 0.455 e. The Kier molecular flexibility index (Phi) is 7.13. The number of thiophene rings is 1. The van der Waals surface area contributed by atoms with Gasteiger partial charge in [0.25, 0.3) is 0 Å². The monoisotopic (exact) mass is 743 g/mol. The molecule has 2 heterocycles. The summed E-state index contributed by atoms with van der Waals surface area (Å²) in [7, 11) is 0. The van der Waals surface area contributed by atoms with Gasteiger partial charge < -0.3 is 9.32 Å². The first-order valence-electron chi connectivity index (χ1n) is 19.4. The summed E-state index contributed by atoms with van der Waals surface area (Å²) in [5, 5.41) is 12.0. The standard InChI is InChI=1S/C54H33NOS/c1-3-14-40-34(11-1)13-9-21-49(40)55(38-28-32-52-48(33-38)45-18-7-8-22-51(45)57-52)50-31-30-39(43-16-5-6-17-44(43)50)36-23-25-37(26-24-36)42-19-10-20-46-47-29-27-35-12-2-4-15-41(35)54(47)56-53(42)46/h1-33H. The molecule has 0 radical (unpaired) electrons. The first kappa shape index (κ1) is 32.1. The predicted octanol–water partition coefficient (Wildman–Crippen LogP) is 16.2. The van der Waals surface area contributed by atoms with E-state index in [-0.39, 0.29) is 0 Å². The minimum Gasteiger partial charge on any atom is -0.455 e. The van der Waals surface area contributed by atoms with Crippen molar-refractivity contribution >= 4 is 103 Å². The molecule has 0 saturated heterocycles. The van der Waals surface area contributed by atoms with Gasteiger partial charge in [-0.05, 0) is 75.3 Å². The number of hydrogen-bond donors (Lipinski definition) is 0. The minimum atomic E-state index is 0.925. The lowest BCUT2D eigenvalue weighted by Gasteiger charge is -2.29. The molecule has 57 heavy (non-hydrogen) atoms. The highest BCUT2D eigenvalue weighted by atomic mass is 32.1. The van der Waals surface area contributed by atoms with E-state index < -0.39 is 0 Å². The van der Waals surface area contributed by atoms with Gasteiger partial charge in [0.15, 0.2) is 0 Å². The third-order valence-corrected chi connectivity index (χ3v) is 12.8. The maximum atomic E-state index is 6.70. The molecule has 2 nitrogen and oxygen atoms in total. The van der Waals surface area contributed by atoms with Crippen molar-refractivity contribution in [1.29, 1.82) is 0 Å². The summed E-state index contributed by atoms with van der Waals surface area (Å²) in [6, 6.07) is 72.8. The molecule has 10 aromatic carbocycles. The molecule has 12 aromatic rings. The van der Waals surface area contributed by atoms with Crippen molar-refractivity contribution in [2.24, 2.45) is 0 Å². The van der Waals surface area contributed by atoms with Gasteiger partial charge in [-0.2, -0.15) is 0 Å². The molecule has 0 aliphatic carbocycles. The normalized spacial score (nSPS) is 11.9. The zero-order valence-electron chi connectivity index (χ0n) is 30.8. The van der Waals surface area contributed by atoms with Gasteiger partial charge in [0, 0.05) is 58.4 Å². The number of anilines is 3. The summed E-state index contributed by atoms with van der Waals surface area (Å²) >= 11 is 1.86. The Bertz CT molecular complexity index is 3530. The number of furan rings is 1. The zero-order valence-corrected chi connectivity index (χ0v) is 31.6. The van der Waals surface area contributed by atoms with E-state index in [9.17, 15) is 0 Å². The van der Waals surface area contributed by atoms with E-state index in [0.717, 1.165) is 55.5 Å². The Morgan fingerprint density at radius 2 is 0.930 bits per heavy atom. The van der Waals surface area contributed by atoms with Gasteiger partial charge in [-0.25, -0.2) is 0 Å². The molecule has 0 unspecified atom stereocenters. The molecule has 0 saturated carbocycles. The summed E-state index contributed by atoms with van der Waals surface area (Å²) in [5.74, 6) is 0. The summed E-state index contributed by atoms with van der Waals surface area (Å²) in [5.41, 5.74) is 9.91. The van der Waals surface area contributed by atoms with E-state index in [1.807, 2.05) is 11.3 Å². The molecule has 0 aliphatic rings. The van der Waals surface area contributed by atoms with Crippen molar-refractivity contribution in [2.75, 3.05) is 4.90 Å². The fourth-order valence-electron chi connectivity index (χ4n) is 8.98. The van der Waals surface area contributed by atoms with Crippen LogP contribution >= 0.6 is 11.3 Å². The highest BCUT2D eigenvalue weighted by molar-refractivity contribution is 7.25. The summed E-state index contributed by atoms with van der Waals surface area (Å²) in [6.45, 7) is 0. The summed E-state index contributed by atoms with van der Waals surface area (Å²) in [4.78, 5) is 2.46. The molecule has 0 bridgehead atoms. The van der Waals surface area contributed by atoms with Crippen molar-refractivity contribution in [3.63, 3.8) is 0 Å². The molecule has 3 heteroatoms. The van der Waals surface area contributed by atoms with Crippen LogP contribution in [0, 0.1) is 0 Å². The van der Waals surface area contributed by atoms with Crippen LogP contribution in [0.1, 0.15) is 0 Å². The van der Waals surface area contributed by atoms with Crippen LogP contribution in [0.2, 0.25) is 0 Å². The maximum Gasteiger partial charge on any atom is 0.143 e. The third-order valence-electron chi connectivity index (χ3n) is 11.7. The average Bonchev–Trinajstić information content (AvgIpc) is 3.85. The molecular formula is C54H33NOS. The lowest BCUT2D eigenvalue weighted by molar-refractivity contribution is 0.674. The van der Waals surface area contributed by atoms with E-state index in [4.69, 9.17) is 4.42 Å². The van der Waals surface area contributed by atoms with Crippen molar-refractivity contribution in [2.45, 2.75) is 0 Å². The molecule has 2 aromatic heterocycles. The Balaban J connectivity index is 1.01. The lowest BCUT2D eigenvalue weighted by atomic mass is 9.94. The average molecular weight is 744 g/mol. The van der Waals surface area contributed by atoms with Gasteiger partial charge in [0.2, 0.25) is 0 Å². The second-order valence-corrected chi connectivity index (χ2v) is 15.9. The SMILES string of the molecule is c1ccc2c(N(c3ccc4sc5ccccc5c4c3)c3ccc(-c4ccc(-c5cccc6c5oc5c7ccccc7ccc65)cc4)c4ccccc34)cccc2c1. The minimum absolute atomic E-state index is 0.925. The lowest BCUT2D eigenvalue weighted by Crippen LogP contribution is -2.11. The van der Waals surface area contributed by atoms with Gasteiger partial charge in [0.05, 0.1) is 11.4 Å². The molecule has 0 atom stereocenters. The number of benzene rings is 10. The van der Waals surface area contributed by atoms with E-state index in [1.54, 1.807) is 0 Å². The molecule has 12 rings (SSSR count). The van der Waals surface area contributed by atoms with Gasteiger partial charge in [-0.1, -0.05) is 158 Å². The Morgan fingerprint density at radius 3 is 1.77 bits per heavy atom. The molecule has 0 N–H and O–H groups in total. The molecule has 0 aliphatic heterocycles. The highest BCUT2D eigenvalue weighted by Crippen LogP contribution is 2.46. The Morgan fingerprint density at radius 1 is 0.333 bits per heavy atom. The van der Waals surface area contributed by atoms with Gasteiger partial charge in [-0.15, -0.1) is 11.3 Å². The third kappa shape index (κ3) is 5.03. The number of fused-ring (bicyclic) bond motifs is 10. The fourth-order valence-corrected chi connectivity index (χ4v) is 10.1. The van der Waals surface area contributed by atoms with Crippen LogP contribution in [0.4, 0.5) is 17.1 Å². The molecular weight excluding hydrogens is 711 g/mol.